The maximum absolute atomic E-state index is 14.3. The van der Waals surface area contributed by atoms with Crippen LogP contribution < -0.4 is 0 Å². The van der Waals surface area contributed by atoms with Gasteiger partial charge >= 0.3 is 5.97 Å². The van der Waals surface area contributed by atoms with Gasteiger partial charge in [-0.3, -0.25) is 4.79 Å². The van der Waals surface area contributed by atoms with E-state index in [1.54, 1.807) is 0 Å². The van der Waals surface area contributed by atoms with Crippen LogP contribution in [0.5, 0.6) is 0 Å². The fraction of sp³-hybridized carbons (Fsp3) is 0.811. The monoisotopic (exact) mass is 562 g/mol. The quantitative estimate of drug-likeness (QED) is 0.299. The summed E-state index contributed by atoms with van der Waals surface area (Å²) in [5, 5.41) is 11.0. The lowest BCUT2D eigenvalue weighted by Crippen LogP contribution is -2.67. The van der Waals surface area contributed by atoms with Crippen LogP contribution in [0.2, 0.25) is 0 Å². The third-order valence-corrected chi connectivity index (χ3v) is 15.4. The predicted molar refractivity (Wildman–Crippen MR) is 161 cm³/mol. The largest absolute Gasteiger partial charge is 0.460 e. The van der Waals surface area contributed by atoms with Gasteiger partial charge in [0.05, 0.1) is 23.7 Å². The van der Waals surface area contributed by atoms with Crippen LogP contribution in [0.25, 0.3) is 0 Å². The Morgan fingerprint density at radius 1 is 0.829 bits per heavy atom. The molecule has 1 unspecified atom stereocenters. The Balaban J connectivity index is 1.23. The summed E-state index contributed by atoms with van der Waals surface area (Å²) in [5.74, 6) is 2.61. The van der Waals surface area contributed by atoms with E-state index >= 15 is 0 Å². The number of epoxide rings is 1. The minimum Gasteiger partial charge on any atom is -0.460 e. The highest BCUT2D eigenvalue weighted by molar-refractivity contribution is 5.78. The van der Waals surface area contributed by atoms with Gasteiger partial charge in [0.1, 0.15) is 6.61 Å². The lowest BCUT2D eigenvalue weighted by Gasteiger charge is -2.72. The summed E-state index contributed by atoms with van der Waals surface area (Å²) in [5.41, 5.74) is 1.32. The summed E-state index contributed by atoms with van der Waals surface area (Å²) in [6.07, 6.45) is 10.9. The number of esters is 1. The molecule has 5 aliphatic carbocycles. The van der Waals surface area contributed by atoms with E-state index in [9.17, 15) is 9.90 Å². The number of hydrogen-bond acceptors (Lipinski definition) is 4. The number of hydrogen-bond donors (Lipinski definition) is 1. The molecule has 0 spiro atoms. The predicted octanol–water partition coefficient (Wildman–Crippen LogP) is 7.96. The lowest BCUT2D eigenvalue weighted by atomic mass is 9.32. The summed E-state index contributed by atoms with van der Waals surface area (Å²) in [6, 6.07) is 10.2. The lowest BCUT2D eigenvalue weighted by molar-refractivity contribution is -0.250. The average molecular weight is 563 g/mol. The summed E-state index contributed by atoms with van der Waals surface area (Å²) >= 11 is 0. The number of carbonyl (C=O) groups excluding carboxylic acids is 1. The van der Waals surface area contributed by atoms with E-state index in [2.05, 4.69) is 53.7 Å². The molecule has 1 N–H and O–H groups in total. The van der Waals surface area contributed by atoms with Crippen molar-refractivity contribution in [2.24, 2.45) is 56.7 Å². The molecule has 1 saturated heterocycles. The molecule has 0 radical (unpaired) electrons. The third kappa shape index (κ3) is 3.74. The van der Waals surface area contributed by atoms with Gasteiger partial charge in [0.25, 0.3) is 0 Å². The fourth-order valence-corrected chi connectivity index (χ4v) is 12.8. The van der Waals surface area contributed by atoms with Crippen LogP contribution in [-0.4, -0.2) is 29.4 Å². The molecule has 1 aromatic rings. The average Bonchev–Trinajstić information content (AvgIpc) is 3.55. The third-order valence-electron chi connectivity index (χ3n) is 15.4. The van der Waals surface area contributed by atoms with E-state index < -0.39 is 0 Å². The number of benzene rings is 1. The first kappa shape index (κ1) is 28.4. The fourth-order valence-electron chi connectivity index (χ4n) is 12.8. The van der Waals surface area contributed by atoms with Gasteiger partial charge in [-0.05, 0) is 128 Å². The Morgan fingerprint density at radius 2 is 1.56 bits per heavy atom. The molecule has 6 aliphatic rings. The molecule has 5 saturated carbocycles. The normalized spacial score (nSPS) is 51.5. The highest BCUT2D eigenvalue weighted by Gasteiger charge is 2.74. The van der Waals surface area contributed by atoms with E-state index in [4.69, 9.17) is 9.47 Å². The highest BCUT2D eigenvalue weighted by Crippen LogP contribution is 2.78. The first-order valence-electron chi connectivity index (χ1n) is 16.9. The highest BCUT2D eigenvalue weighted by atomic mass is 16.6. The second kappa shape index (κ2) is 9.07. The molecule has 4 nitrogen and oxygen atoms in total. The van der Waals surface area contributed by atoms with Gasteiger partial charge in [-0.2, -0.15) is 0 Å². The van der Waals surface area contributed by atoms with Crippen molar-refractivity contribution < 1.29 is 19.4 Å². The topological polar surface area (TPSA) is 59.1 Å². The molecule has 1 aliphatic heterocycles. The maximum atomic E-state index is 14.3. The number of aliphatic hydroxyl groups is 1. The second-order valence-corrected chi connectivity index (χ2v) is 17.0. The van der Waals surface area contributed by atoms with Crippen LogP contribution in [0, 0.1) is 56.7 Å². The Hall–Kier alpha value is -1.39. The summed E-state index contributed by atoms with van der Waals surface area (Å²) in [4.78, 5) is 14.3. The standard InChI is InChI=1S/C37H54O4/c1-32(2)27-15-18-35(5)28(33(27,3)17-16-29(32)38)13-12-25-30-26(36(6)23-41-36)14-19-37(30,21-20-34(25,35)4)31(39)40-22-24-10-8-7-9-11-24/h7-11,25-30,38H,12-23H2,1-6H3/t25?,26-,27+,28-,29-,30-,33+,34-,35-,36-,37+/m1/s1. The zero-order valence-corrected chi connectivity index (χ0v) is 26.5. The van der Waals surface area contributed by atoms with Gasteiger partial charge in [0.15, 0.2) is 0 Å². The molecule has 0 bridgehead atoms. The molecular weight excluding hydrogens is 508 g/mol. The van der Waals surface area contributed by atoms with Crippen LogP contribution in [0.3, 0.4) is 0 Å². The van der Waals surface area contributed by atoms with Crippen molar-refractivity contribution in [1.29, 1.82) is 0 Å². The number of fused-ring (bicyclic) bond motifs is 7. The van der Waals surface area contributed by atoms with E-state index in [1.165, 1.54) is 25.7 Å². The van der Waals surface area contributed by atoms with Crippen molar-refractivity contribution >= 4 is 5.97 Å². The molecule has 0 aromatic heterocycles. The zero-order valence-electron chi connectivity index (χ0n) is 26.5. The number of carbonyl (C=O) groups is 1. The van der Waals surface area contributed by atoms with Crippen molar-refractivity contribution in [1.82, 2.24) is 0 Å². The maximum Gasteiger partial charge on any atom is 0.312 e. The van der Waals surface area contributed by atoms with Gasteiger partial charge in [0, 0.05) is 0 Å². The van der Waals surface area contributed by atoms with Crippen LogP contribution in [-0.2, 0) is 20.9 Å². The van der Waals surface area contributed by atoms with E-state index in [1.807, 2.05) is 18.2 Å². The van der Waals surface area contributed by atoms with Crippen LogP contribution >= 0.6 is 0 Å². The molecule has 4 heteroatoms. The van der Waals surface area contributed by atoms with E-state index in [0.29, 0.717) is 36.2 Å². The number of ether oxygens (including phenoxy) is 2. The van der Waals surface area contributed by atoms with Crippen molar-refractivity contribution in [3.05, 3.63) is 35.9 Å². The van der Waals surface area contributed by atoms with Gasteiger partial charge < -0.3 is 14.6 Å². The summed E-state index contributed by atoms with van der Waals surface area (Å²) in [7, 11) is 0. The first-order chi connectivity index (χ1) is 19.3. The minimum atomic E-state index is -0.375. The van der Waals surface area contributed by atoms with E-state index in [-0.39, 0.29) is 44.7 Å². The van der Waals surface area contributed by atoms with Crippen LogP contribution in [0.15, 0.2) is 30.3 Å². The second-order valence-electron chi connectivity index (χ2n) is 17.0. The van der Waals surface area contributed by atoms with Gasteiger partial charge in [0.2, 0.25) is 0 Å². The van der Waals surface area contributed by atoms with Gasteiger partial charge in [-0.1, -0.05) is 65.0 Å². The molecule has 1 heterocycles. The Bertz CT molecular complexity index is 1190. The molecular formula is C37H54O4. The Morgan fingerprint density at radius 3 is 2.27 bits per heavy atom. The van der Waals surface area contributed by atoms with Gasteiger partial charge in [-0.25, -0.2) is 0 Å². The van der Waals surface area contributed by atoms with Crippen molar-refractivity contribution in [2.45, 2.75) is 124 Å². The molecule has 6 fully saturated rings. The SMILES string of the molecule is CC1(C)[C@H](O)CC[C@]2(C)[C@H]3CCC4[C@@H]5[C@H]([C@@]6(C)CO6)CC[C@]5(C(=O)OCc5ccccc5)CC[C@@]4(C)[C@]3(C)CC[C@@H]12. The van der Waals surface area contributed by atoms with Crippen molar-refractivity contribution in [2.75, 3.05) is 6.61 Å². The minimum absolute atomic E-state index is 0.0230. The Labute approximate surface area is 248 Å². The molecule has 41 heavy (non-hydrogen) atoms. The smallest absolute Gasteiger partial charge is 0.312 e. The number of rotatable bonds is 4. The van der Waals surface area contributed by atoms with Crippen molar-refractivity contribution in [3.63, 3.8) is 0 Å². The van der Waals surface area contributed by atoms with Crippen LogP contribution in [0.1, 0.15) is 111 Å². The molecule has 0 amide bonds. The van der Waals surface area contributed by atoms with E-state index in [0.717, 1.165) is 50.7 Å². The van der Waals surface area contributed by atoms with Crippen molar-refractivity contribution in [3.8, 4) is 0 Å². The van der Waals surface area contributed by atoms with Gasteiger partial charge in [-0.15, -0.1) is 0 Å². The first-order valence-corrected chi connectivity index (χ1v) is 16.9. The number of aliphatic hydroxyl groups excluding tert-OH is 1. The summed E-state index contributed by atoms with van der Waals surface area (Å²) in [6.45, 7) is 16.1. The molecule has 1 aromatic carbocycles. The molecule has 7 rings (SSSR count). The molecule has 11 atom stereocenters. The summed E-state index contributed by atoms with van der Waals surface area (Å²) < 4.78 is 12.4. The van der Waals surface area contributed by atoms with Crippen LogP contribution in [0.4, 0.5) is 0 Å². The Kier molecular flexibility index (Phi) is 6.28. The molecule has 226 valence electrons. The zero-order chi connectivity index (χ0) is 29.1.